The number of rotatable bonds is 4. The minimum absolute atomic E-state index is 0.0747. The molecule has 1 N–H and O–H groups in total. The van der Waals surface area contributed by atoms with Gasteiger partial charge in [0.15, 0.2) is 0 Å². The van der Waals surface area contributed by atoms with E-state index in [2.05, 4.69) is 15.2 Å². The predicted molar refractivity (Wildman–Crippen MR) is 106 cm³/mol. The van der Waals surface area contributed by atoms with Crippen molar-refractivity contribution in [2.75, 3.05) is 31.1 Å². The van der Waals surface area contributed by atoms with Crippen molar-refractivity contribution in [1.29, 1.82) is 0 Å². The van der Waals surface area contributed by atoms with Crippen LogP contribution in [0.5, 0.6) is 0 Å². The Hall–Kier alpha value is -2.11. The van der Waals surface area contributed by atoms with Crippen molar-refractivity contribution in [2.45, 2.75) is 58.4 Å². The number of hydrogen-bond acceptors (Lipinski definition) is 4. The van der Waals surface area contributed by atoms with Crippen LogP contribution in [-0.4, -0.2) is 53.9 Å². The molecular weight excluding hydrogens is 340 g/mol. The van der Waals surface area contributed by atoms with Crippen molar-refractivity contribution in [3.05, 3.63) is 24.4 Å². The molecule has 1 aliphatic carbocycles. The van der Waals surface area contributed by atoms with Crippen molar-refractivity contribution < 1.29 is 9.59 Å². The number of carbonyl (C=O) groups is 2. The molecular formula is C21H32N4O2. The number of piperazine rings is 1. The van der Waals surface area contributed by atoms with Crippen LogP contribution in [0, 0.1) is 5.41 Å². The lowest BCUT2D eigenvalue weighted by molar-refractivity contribution is -0.149. The first-order chi connectivity index (χ1) is 13.0. The smallest absolute Gasteiger partial charge is 0.237 e. The van der Waals surface area contributed by atoms with E-state index in [1.165, 1.54) is 12.8 Å². The van der Waals surface area contributed by atoms with Gasteiger partial charge in [-0.15, -0.1) is 0 Å². The molecule has 0 aromatic carbocycles. The van der Waals surface area contributed by atoms with Gasteiger partial charge in [-0.2, -0.15) is 0 Å². The summed E-state index contributed by atoms with van der Waals surface area (Å²) in [5.74, 6) is 0.732. The van der Waals surface area contributed by atoms with Gasteiger partial charge in [0.1, 0.15) is 11.2 Å². The fourth-order valence-corrected chi connectivity index (χ4v) is 3.96. The highest BCUT2D eigenvalue weighted by molar-refractivity contribution is 6.04. The Morgan fingerprint density at radius 3 is 2.30 bits per heavy atom. The number of carbonyl (C=O) groups excluding carboxylic acids is 2. The zero-order valence-corrected chi connectivity index (χ0v) is 16.6. The normalized spacial score (nSPS) is 19.5. The van der Waals surface area contributed by atoms with Gasteiger partial charge in [0, 0.05) is 38.4 Å². The molecule has 2 heterocycles. The molecule has 1 saturated heterocycles. The second-order valence-electron chi connectivity index (χ2n) is 8.25. The second kappa shape index (κ2) is 8.72. The van der Waals surface area contributed by atoms with Crippen molar-refractivity contribution in [1.82, 2.24) is 15.2 Å². The predicted octanol–water partition coefficient (Wildman–Crippen LogP) is 2.60. The molecule has 27 heavy (non-hydrogen) atoms. The van der Waals surface area contributed by atoms with Gasteiger partial charge in [-0.3, -0.25) is 9.59 Å². The molecule has 2 aliphatic rings. The van der Waals surface area contributed by atoms with Crippen LogP contribution in [0.2, 0.25) is 0 Å². The van der Waals surface area contributed by atoms with Gasteiger partial charge in [-0.1, -0.05) is 31.7 Å². The third-order valence-electron chi connectivity index (χ3n) is 5.83. The summed E-state index contributed by atoms with van der Waals surface area (Å²) in [6.45, 7) is 6.23. The van der Waals surface area contributed by atoms with Gasteiger partial charge in [0.05, 0.1) is 0 Å². The quantitative estimate of drug-likeness (QED) is 0.652. The lowest BCUT2D eigenvalue weighted by Gasteiger charge is -2.38. The van der Waals surface area contributed by atoms with Crippen molar-refractivity contribution in [2.24, 2.45) is 5.41 Å². The van der Waals surface area contributed by atoms with Crippen LogP contribution in [0.15, 0.2) is 24.4 Å². The zero-order chi connectivity index (χ0) is 19.3. The lowest BCUT2D eigenvalue weighted by Crippen LogP contribution is -2.56. The molecule has 0 atom stereocenters. The van der Waals surface area contributed by atoms with E-state index in [0.29, 0.717) is 13.1 Å². The highest BCUT2D eigenvalue weighted by Gasteiger charge is 2.40. The number of nitrogens with one attached hydrogen (secondary N) is 1. The van der Waals surface area contributed by atoms with E-state index in [1.807, 2.05) is 23.1 Å². The van der Waals surface area contributed by atoms with E-state index in [9.17, 15) is 9.59 Å². The number of nitrogens with zero attached hydrogens (tertiary/aromatic N) is 3. The number of hydrogen-bond donors (Lipinski definition) is 1. The summed E-state index contributed by atoms with van der Waals surface area (Å²) < 4.78 is 0. The molecule has 1 saturated carbocycles. The van der Waals surface area contributed by atoms with Crippen LogP contribution in [0.3, 0.4) is 0 Å². The van der Waals surface area contributed by atoms with Gasteiger partial charge >= 0.3 is 0 Å². The van der Waals surface area contributed by atoms with Crippen LogP contribution in [-0.2, 0) is 9.59 Å². The number of amides is 2. The lowest BCUT2D eigenvalue weighted by atomic mass is 9.89. The Balaban J connectivity index is 1.55. The first kappa shape index (κ1) is 19.6. The average molecular weight is 373 g/mol. The van der Waals surface area contributed by atoms with Gasteiger partial charge in [0.25, 0.3) is 0 Å². The SMILES string of the molecule is CC(C)(C(=O)NC1CCCCCC1)C(=O)N1CCN(c2ccccn2)CC1. The molecule has 1 aliphatic heterocycles. The standard InChI is InChI=1S/C21H32N4O2/c1-21(2,19(26)23-17-9-5-3-4-6-10-17)20(27)25-15-13-24(14-16-25)18-11-7-8-12-22-18/h7-8,11-12,17H,3-6,9-10,13-16H2,1-2H3,(H,23,26). The van der Waals surface area contributed by atoms with Crippen LogP contribution in [0.25, 0.3) is 0 Å². The molecule has 0 radical (unpaired) electrons. The first-order valence-corrected chi connectivity index (χ1v) is 10.2. The van der Waals surface area contributed by atoms with Crippen molar-refractivity contribution >= 4 is 17.6 Å². The number of pyridine rings is 1. The summed E-state index contributed by atoms with van der Waals surface area (Å²) >= 11 is 0. The molecule has 1 aromatic rings. The maximum Gasteiger partial charge on any atom is 0.237 e. The summed E-state index contributed by atoms with van der Waals surface area (Å²) in [7, 11) is 0. The average Bonchev–Trinajstić information content (AvgIpc) is 2.97. The number of aromatic nitrogens is 1. The summed E-state index contributed by atoms with van der Waals surface area (Å²) in [6, 6.07) is 6.08. The van der Waals surface area contributed by atoms with Crippen LogP contribution < -0.4 is 10.2 Å². The Morgan fingerprint density at radius 2 is 1.70 bits per heavy atom. The van der Waals surface area contributed by atoms with Crippen molar-refractivity contribution in [3.63, 3.8) is 0 Å². The molecule has 1 aromatic heterocycles. The Labute approximate surface area is 162 Å². The minimum Gasteiger partial charge on any atom is -0.353 e. The third-order valence-corrected chi connectivity index (χ3v) is 5.83. The Morgan fingerprint density at radius 1 is 1.04 bits per heavy atom. The maximum atomic E-state index is 13.0. The van der Waals surface area contributed by atoms with Crippen molar-refractivity contribution in [3.8, 4) is 0 Å². The van der Waals surface area contributed by atoms with E-state index < -0.39 is 5.41 Å². The maximum absolute atomic E-state index is 13.0. The molecule has 2 amide bonds. The van der Waals surface area contributed by atoms with E-state index in [1.54, 1.807) is 20.0 Å². The Bertz CT molecular complexity index is 631. The molecule has 2 fully saturated rings. The summed E-state index contributed by atoms with van der Waals surface area (Å²) in [6.07, 6.45) is 8.65. The number of anilines is 1. The van der Waals surface area contributed by atoms with Gasteiger partial charge < -0.3 is 15.1 Å². The summed E-state index contributed by atoms with van der Waals surface area (Å²) in [4.78, 5) is 34.3. The Kier molecular flexibility index (Phi) is 6.34. The van der Waals surface area contributed by atoms with E-state index in [0.717, 1.165) is 44.6 Å². The topological polar surface area (TPSA) is 65.5 Å². The minimum atomic E-state index is -1.03. The van der Waals surface area contributed by atoms with Crippen LogP contribution >= 0.6 is 0 Å². The fourth-order valence-electron chi connectivity index (χ4n) is 3.96. The van der Waals surface area contributed by atoms with E-state index in [-0.39, 0.29) is 17.9 Å². The molecule has 0 bridgehead atoms. The van der Waals surface area contributed by atoms with Crippen LogP contribution in [0.4, 0.5) is 5.82 Å². The van der Waals surface area contributed by atoms with E-state index >= 15 is 0 Å². The molecule has 6 heteroatoms. The molecule has 3 rings (SSSR count). The highest BCUT2D eigenvalue weighted by Crippen LogP contribution is 2.24. The fraction of sp³-hybridized carbons (Fsp3) is 0.667. The molecule has 6 nitrogen and oxygen atoms in total. The molecule has 148 valence electrons. The third kappa shape index (κ3) is 4.79. The molecule has 0 spiro atoms. The van der Waals surface area contributed by atoms with E-state index in [4.69, 9.17) is 0 Å². The molecule has 0 unspecified atom stereocenters. The van der Waals surface area contributed by atoms with Gasteiger partial charge in [-0.25, -0.2) is 4.98 Å². The van der Waals surface area contributed by atoms with Gasteiger partial charge in [0.2, 0.25) is 11.8 Å². The zero-order valence-electron chi connectivity index (χ0n) is 16.6. The first-order valence-electron chi connectivity index (χ1n) is 10.2. The second-order valence-corrected chi connectivity index (χ2v) is 8.25. The summed E-state index contributed by atoms with van der Waals surface area (Å²) in [5.41, 5.74) is -1.03. The van der Waals surface area contributed by atoms with Crippen LogP contribution in [0.1, 0.15) is 52.4 Å². The largest absolute Gasteiger partial charge is 0.353 e. The van der Waals surface area contributed by atoms with Gasteiger partial charge in [-0.05, 0) is 38.8 Å². The summed E-state index contributed by atoms with van der Waals surface area (Å²) in [5, 5.41) is 3.15. The highest BCUT2D eigenvalue weighted by atomic mass is 16.2. The monoisotopic (exact) mass is 372 g/mol.